The van der Waals surface area contributed by atoms with E-state index in [1.165, 1.54) is 4.90 Å². The molecule has 0 saturated heterocycles. The van der Waals surface area contributed by atoms with E-state index in [0.29, 0.717) is 12.2 Å². The molecule has 8 heteroatoms. The lowest BCUT2D eigenvalue weighted by atomic mass is 10.1. The Morgan fingerprint density at radius 2 is 1.70 bits per heavy atom. The smallest absolute Gasteiger partial charge is 0.244 e. The van der Waals surface area contributed by atoms with Crippen molar-refractivity contribution < 1.29 is 18.0 Å². The van der Waals surface area contributed by atoms with E-state index in [9.17, 15) is 18.0 Å². The van der Waals surface area contributed by atoms with Crippen molar-refractivity contribution in [3.8, 4) is 0 Å². The minimum Gasteiger partial charge on any atom is -0.354 e. The van der Waals surface area contributed by atoms with E-state index in [4.69, 9.17) is 0 Å². The number of hydrogen-bond donors (Lipinski definition) is 1. The largest absolute Gasteiger partial charge is 0.354 e. The van der Waals surface area contributed by atoms with Crippen molar-refractivity contribution in [3.05, 3.63) is 64.7 Å². The van der Waals surface area contributed by atoms with Crippen LogP contribution in [-0.2, 0) is 26.2 Å². The van der Waals surface area contributed by atoms with E-state index in [2.05, 4.69) is 5.32 Å². The first-order valence-corrected chi connectivity index (χ1v) is 13.0. The molecule has 2 aromatic carbocycles. The number of carbonyl (C=O) groups is 2. The SMILES string of the molecule is CCCNC(=O)[C@H](C)N(Cc1cccc(C)c1)C(=O)CN(c1ccc(C)cc1C)S(C)(=O)=O. The minimum absolute atomic E-state index is 0.200. The second kappa shape index (κ2) is 11.3. The molecule has 2 amide bonds. The van der Waals surface area contributed by atoms with E-state index < -0.39 is 22.0 Å². The van der Waals surface area contributed by atoms with Gasteiger partial charge in [-0.2, -0.15) is 0 Å². The third-order valence-corrected chi connectivity index (χ3v) is 6.58. The minimum atomic E-state index is -3.74. The van der Waals surface area contributed by atoms with Crippen LogP contribution in [0.3, 0.4) is 0 Å². The summed E-state index contributed by atoms with van der Waals surface area (Å²) < 4.78 is 26.4. The number of aryl methyl sites for hydroxylation is 3. The summed E-state index contributed by atoms with van der Waals surface area (Å²) in [4.78, 5) is 27.7. The summed E-state index contributed by atoms with van der Waals surface area (Å²) in [5.41, 5.74) is 4.12. The van der Waals surface area contributed by atoms with Crippen LogP contribution in [-0.4, -0.2) is 50.5 Å². The lowest BCUT2D eigenvalue weighted by Crippen LogP contribution is -2.51. The number of carbonyl (C=O) groups excluding carboxylic acids is 2. The molecule has 0 saturated carbocycles. The Bertz CT molecular complexity index is 1100. The average Bonchev–Trinajstić information content (AvgIpc) is 2.73. The Labute approximate surface area is 197 Å². The van der Waals surface area contributed by atoms with Crippen molar-refractivity contribution in [1.29, 1.82) is 0 Å². The van der Waals surface area contributed by atoms with Crippen LogP contribution < -0.4 is 9.62 Å². The molecular weight excluding hydrogens is 438 g/mol. The number of sulfonamides is 1. The molecule has 1 atom stereocenters. The number of nitrogens with one attached hydrogen (secondary N) is 1. The standard InChI is InChI=1S/C25H35N3O4S/c1-7-13-26-25(30)21(5)27(16-22-10-8-9-18(2)15-22)24(29)17-28(33(6,31)32)23-12-11-19(3)14-20(23)4/h8-12,14-15,21H,7,13,16-17H2,1-6H3,(H,26,30)/t21-/m0/s1. The first kappa shape index (κ1) is 26.4. The van der Waals surface area contributed by atoms with Gasteiger partial charge in [0.05, 0.1) is 11.9 Å². The maximum Gasteiger partial charge on any atom is 0.244 e. The van der Waals surface area contributed by atoms with Gasteiger partial charge in [0.15, 0.2) is 0 Å². The summed E-state index contributed by atoms with van der Waals surface area (Å²) in [6, 6.07) is 12.3. The van der Waals surface area contributed by atoms with Crippen LogP contribution in [0, 0.1) is 20.8 Å². The van der Waals surface area contributed by atoms with Crippen molar-refractivity contribution >= 4 is 27.5 Å². The Morgan fingerprint density at radius 1 is 1.03 bits per heavy atom. The highest BCUT2D eigenvalue weighted by Gasteiger charge is 2.30. The van der Waals surface area contributed by atoms with E-state index in [-0.39, 0.29) is 19.0 Å². The molecule has 0 aliphatic carbocycles. The summed E-state index contributed by atoms with van der Waals surface area (Å²) in [5.74, 6) is -0.712. The van der Waals surface area contributed by atoms with Crippen molar-refractivity contribution in [3.63, 3.8) is 0 Å². The van der Waals surface area contributed by atoms with Crippen LogP contribution >= 0.6 is 0 Å². The molecule has 2 rings (SSSR count). The lowest BCUT2D eigenvalue weighted by Gasteiger charge is -2.32. The number of hydrogen-bond acceptors (Lipinski definition) is 4. The van der Waals surface area contributed by atoms with Gasteiger partial charge in [-0.1, -0.05) is 54.4 Å². The molecule has 1 N–H and O–H groups in total. The summed E-state index contributed by atoms with van der Waals surface area (Å²) in [6.45, 7) is 9.64. The van der Waals surface area contributed by atoms with Gasteiger partial charge >= 0.3 is 0 Å². The summed E-state index contributed by atoms with van der Waals surface area (Å²) in [5, 5.41) is 2.83. The fourth-order valence-corrected chi connectivity index (χ4v) is 4.57. The average molecular weight is 474 g/mol. The first-order chi connectivity index (χ1) is 15.4. The summed E-state index contributed by atoms with van der Waals surface area (Å²) in [7, 11) is -3.74. The van der Waals surface area contributed by atoms with Gasteiger partial charge < -0.3 is 10.2 Å². The summed E-state index contributed by atoms with van der Waals surface area (Å²) in [6.07, 6.45) is 1.86. The van der Waals surface area contributed by atoms with Gasteiger partial charge in [-0.05, 0) is 51.3 Å². The zero-order valence-electron chi connectivity index (χ0n) is 20.4. The van der Waals surface area contributed by atoms with E-state index in [0.717, 1.165) is 39.2 Å². The highest BCUT2D eigenvalue weighted by molar-refractivity contribution is 7.92. The second-order valence-electron chi connectivity index (χ2n) is 8.54. The van der Waals surface area contributed by atoms with Crippen LogP contribution in [0.5, 0.6) is 0 Å². The van der Waals surface area contributed by atoms with Gasteiger partial charge in [0.1, 0.15) is 12.6 Å². The number of rotatable bonds is 10. The zero-order chi connectivity index (χ0) is 24.8. The molecule has 7 nitrogen and oxygen atoms in total. The fourth-order valence-electron chi connectivity index (χ4n) is 3.67. The topological polar surface area (TPSA) is 86.8 Å². The Hall–Kier alpha value is -2.87. The molecule has 0 unspecified atom stereocenters. The maximum atomic E-state index is 13.5. The van der Waals surface area contributed by atoms with Gasteiger partial charge in [-0.3, -0.25) is 13.9 Å². The van der Waals surface area contributed by atoms with Gasteiger partial charge in [0, 0.05) is 13.1 Å². The third-order valence-electron chi connectivity index (χ3n) is 5.45. The van der Waals surface area contributed by atoms with E-state index in [1.54, 1.807) is 13.0 Å². The van der Waals surface area contributed by atoms with Gasteiger partial charge in [-0.15, -0.1) is 0 Å². The van der Waals surface area contributed by atoms with Crippen molar-refractivity contribution in [1.82, 2.24) is 10.2 Å². The van der Waals surface area contributed by atoms with E-state index >= 15 is 0 Å². The molecule has 0 radical (unpaired) electrons. The van der Waals surface area contributed by atoms with Crippen LogP contribution in [0.2, 0.25) is 0 Å². The van der Waals surface area contributed by atoms with Crippen LogP contribution in [0.15, 0.2) is 42.5 Å². The quantitative estimate of drug-likeness (QED) is 0.574. The number of amides is 2. The normalized spacial score (nSPS) is 12.2. The van der Waals surface area contributed by atoms with Gasteiger partial charge in [0.2, 0.25) is 21.8 Å². The predicted octanol–water partition coefficient (Wildman–Crippen LogP) is 3.32. The van der Waals surface area contributed by atoms with Crippen LogP contribution in [0.4, 0.5) is 5.69 Å². The Balaban J connectivity index is 2.40. The Kier molecular flexibility index (Phi) is 9.05. The maximum absolute atomic E-state index is 13.5. The van der Waals surface area contributed by atoms with Crippen molar-refractivity contribution in [2.24, 2.45) is 0 Å². The molecule has 0 heterocycles. The molecule has 2 aromatic rings. The van der Waals surface area contributed by atoms with Crippen LogP contribution in [0.25, 0.3) is 0 Å². The van der Waals surface area contributed by atoms with Crippen molar-refractivity contribution in [2.45, 2.75) is 53.6 Å². The first-order valence-electron chi connectivity index (χ1n) is 11.1. The monoisotopic (exact) mass is 473 g/mol. The molecule has 0 aliphatic heterocycles. The molecule has 0 aliphatic rings. The fraction of sp³-hybridized carbons (Fsp3) is 0.440. The lowest BCUT2D eigenvalue weighted by molar-refractivity contribution is -0.139. The second-order valence-corrected chi connectivity index (χ2v) is 10.4. The predicted molar refractivity (Wildman–Crippen MR) is 133 cm³/mol. The number of nitrogens with zero attached hydrogens (tertiary/aromatic N) is 2. The van der Waals surface area contributed by atoms with Crippen molar-refractivity contribution in [2.75, 3.05) is 23.7 Å². The molecule has 180 valence electrons. The van der Waals surface area contributed by atoms with Gasteiger partial charge in [0.25, 0.3) is 0 Å². The molecule has 0 bridgehead atoms. The third kappa shape index (κ3) is 7.32. The highest BCUT2D eigenvalue weighted by atomic mass is 32.2. The molecule has 0 aromatic heterocycles. The summed E-state index contributed by atoms with van der Waals surface area (Å²) >= 11 is 0. The highest BCUT2D eigenvalue weighted by Crippen LogP contribution is 2.24. The molecule has 0 spiro atoms. The number of benzene rings is 2. The molecule has 0 fully saturated rings. The van der Waals surface area contributed by atoms with Crippen LogP contribution in [0.1, 0.15) is 42.5 Å². The molecule has 33 heavy (non-hydrogen) atoms. The Morgan fingerprint density at radius 3 is 2.27 bits per heavy atom. The molecular formula is C25H35N3O4S. The zero-order valence-corrected chi connectivity index (χ0v) is 21.2. The van der Waals surface area contributed by atoms with Gasteiger partial charge in [-0.25, -0.2) is 8.42 Å². The number of anilines is 1. The van der Waals surface area contributed by atoms with E-state index in [1.807, 2.05) is 64.1 Å².